The van der Waals surface area contributed by atoms with Gasteiger partial charge in [-0.1, -0.05) is 12.1 Å². The van der Waals surface area contributed by atoms with E-state index in [0.717, 1.165) is 16.7 Å². The van der Waals surface area contributed by atoms with Crippen LogP contribution in [0.25, 0.3) is 11.1 Å². The molecule has 0 unspecified atom stereocenters. The number of carbonyl (C=O) groups is 1. The van der Waals surface area contributed by atoms with Gasteiger partial charge in [-0.05, 0) is 56.5 Å². The molecule has 1 amide bonds. The number of nitrogens with zero attached hydrogens (tertiary/aromatic N) is 1. The van der Waals surface area contributed by atoms with Gasteiger partial charge in [0.05, 0.1) is 0 Å². The number of anilines is 1. The molecule has 2 rings (SSSR count). The van der Waals surface area contributed by atoms with Crippen molar-refractivity contribution in [1.29, 1.82) is 0 Å². The Hall–Kier alpha value is -2.56. The van der Waals surface area contributed by atoms with Gasteiger partial charge >= 0.3 is 6.09 Å². The van der Waals surface area contributed by atoms with Crippen LogP contribution in [-0.4, -0.2) is 23.2 Å². The summed E-state index contributed by atoms with van der Waals surface area (Å²) in [6.07, 6.45) is 3.80. The third-order valence-corrected chi connectivity index (χ3v) is 3.16. The number of pyridine rings is 1. The highest BCUT2D eigenvalue weighted by Gasteiger charge is 2.15. The van der Waals surface area contributed by atoms with Crippen LogP contribution in [0.5, 0.6) is 0 Å². The molecule has 3 N–H and O–H groups in total. The minimum absolute atomic E-state index is 0.413. The van der Waals surface area contributed by atoms with Crippen molar-refractivity contribution < 1.29 is 9.53 Å². The first kappa shape index (κ1) is 16.8. The van der Waals surface area contributed by atoms with Crippen molar-refractivity contribution in [2.24, 2.45) is 0 Å². The van der Waals surface area contributed by atoms with Gasteiger partial charge in [-0.25, -0.2) is 4.79 Å². The van der Waals surface area contributed by atoms with Crippen molar-refractivity contribution in [3.8, 4) is 11.1 Å². The fraction of sp³-hybridized carbons (Fsp3) is 0.333. The molecule has 5 nitrogen and oxygen atoms in total. The molecule has 0 aliphatic heterocycles. The maximum absolute atomic E-state index is 11.7. The topological polar surface area (TPSA) is 77.2 Å². The van der Waals surface area contributed by atoms with E-state index in [1.807, 2.05) is 57.3 Å². The fourth-order valence-corrected chi connectivity index (χ4v) is 2.24. The van der Waals surface area contributed by atoms with Crippen LogP contribution in [-0.2, 0) is 11.2 Å². The minimum atomic E-state index is -0.498. The monoisotopic (exact) mass is 313 g/mol. The third-order valence-electron chi connectivity index (χ3n) is 3.16. The lowest BCUT2D eigenvalue weighted by Gasteiger charge is -2.19. The van der Waals surface area contributed by atoms with Crippen LogP contribution in [0, 0.1) is 0 Å². The number of carbonyl (C=O) groups excluding carboxylic acids is 1. The lowest BCUT2D eigenvalue weighted by molar-refractivity contribution is 0.0528. The van der Waals surface area contributed by atoms with Gasteiger partial charge in [0.2, 0.25) is 0 Å². The second-order valence-electron chi connectivity index (χ2n) is 6.34. The van der Waals surface area contributed by atoms with E-state index in [0.29, 0.717) is 18.7 Å². The number of hydrogen-bond acceptors (Lipinski definition) is 4. The van der Waals surface area contributed by atoms with Gasteiger partial charge in [0, 0.05) is 30.2 Å². The van der Waals surface area contributed by atoms with E-state index in [1.54, 1.807) is 6.20 Å². The maximum Gasteiger partial charge on any atom is 0.407 e. The van der Waals surface area contributed by atoms with E-state index in [2.05, 4.69) is 10.3 Å². The zero-order valence-electron chi connectivity index (χ0n) is 13.8. The predicted molar refractivity (Wildman–Crippen MR) is 92.0 cm³/mol. The molecule has 0 saturated heterocycles. The second-order valence-corrected chi connectivity index (χ2v) is 6.34. The average Bonchev–Trinajstić information content (AvgIpc) is 2.46. The zero-order chi connectivity index (χ0) is 16.9. The molecule has 0 saturated carbocycles. The Kier molecular flexibility index (Phi) is 5.21. The van der Waals surface area contributed by atoms with E-state index in [4.69, 9.17) is 10.5 Å². The Balaban J connectivity index is 2.05. The summed E-state index contributed by atoms with van der Waals surface area (Å²) in [7, 11) is 0. The molecule has 0 spiro atoms. The molecule has 23 heavy (non-hydrogen) atoms. The maximum atomic E-state index is 11.7. The number of amides is 1. The molecule has 0 bridgehead atoms. The van der Waals surface area contributed by atoms with Crippen LogP contribution in [0.3, 0.4) is 0 Å². The van der Waals surface area contributed by atoms with Crippen LogP contribution in [0.4, 0.5) is 10.5 Å². The standard InChI is InChI=1S/C18H23N3O2/c1-18(2,3)23-17(22)21-10-8-13-11-15(19)6-7-16(13)14-5-4-9-20-12-14/h4-7,9,11-12H,8,10,19H2,1-3H3,(H,21,22). The minimum Gasteiger partial charge on any atom is -0.444 e. The summed E-state index contributed by atoms with van der Waals surface area (Å²) in [4.78, 5) is 15.9. The highest BCUT2D eigenvalue weighted by Crippen LogP contribution is 2.25. The smallest absolute Gasteiger partial charge is 0.407 e. The Morgan fingerprint density at radius 3 is 2.74 bits per heavy atom. The number of aromatic nitrogens is 1. The van der Waals surface area contributed by atoms with E-state index in [9.17, 15) is 4.79 Å². The normalized spacial score (nSPS) is 11.1. The van der Waals surface area contributed by atoms with Gasteiger partial charge in [-0.3, -0.25) is 4.98 Å². The lowest BCUT2D eigenvalue weighted by atomic mass is 9.98. The molecule has 2 aromatic rings. The van der Waals surface area contributed by atoms with E-state index in [1.165, 1.54) is 0 Å². The molecular weight excluding hydrogens is 290 g/mol. The fourth-order valence-electron chi connectivity index (χ4n) is 2.24. The van der Waals surface area contributed by atoms with E-state index >= 15 is 0 Å². The lowest BCUT2D eigenvalue weighted by Crippen LogP contribution is -2.33. The number of hydrogen-bond donors (Lipinski definition) is 2. The highest BCUT2D eigenvalue weighted by atomic mass is 16.6. The molecule has 0 atom stereocenters. The molecule has 0 radical (unpaired) electrons. The number of rotatable bonds is 4. The average molecular weight is 313 g/mol. The number of ether oxygens (including phenoxy) is 1. The Bertz CT molecular complexity index is 664. The number of benzene rings is 1. The van der Waals surface area contributed by atoms with Crippen molar-refractivity contribution >= 4 is 11.8 Å². The summed E-state index contributed by atoms with van der Waals surface area (Å²) < 4.78 is 5.23. The van der Waals surface area contributed by atoms with Crippen molar-refractivity contribution in [1.82, 2.24) is 10.3 Å². The molecule has 1 aromatic carbocycles. The summed E-state index contributed by atoms with van der Waals surface area (Å²) >= 11 is 0. The Morgan fingerprint density at radius 2 is 2.09 bits per heavy atom. The Labute approximate surface area is 136 Å². The molecule has 122 valence electrons. The quantitative estimate of drug-likeness (QED) is 0.848. The Morgan fingerprint density at radius 1 is 1.30 bits per heavy atom. The summed E-state index contributed by atoms with van der Waals surface area (Å²) in [5.74, 6) is 0. The number of nitrogens with two attached hydrogens (primary N) is 1. The van der Waals surface area contributed by atoms with Gasteiger partial charge in [0.1, 0.15) is 5.60 Å². The van der Waals surface area contributed by atoms with Crippen LogP contribution in [0.1, 0.15) is 26.3 Å². The van der Waals surface area contributed by atoms with Crippen molar-refractivity contribution in [3.63, 3.8) is 0 Å². The van der Waals surface area contributed by atoms with Crippen LogP contribution in [0.2, 0.25) is 0 Å². The first-order chi connectivity index (χ1) is 10.8. The van der Waals surface area contributed by atoms with Gasteiger partial charge in [0.15, 0.2) is 0 Å². The van der Waals surface area contributed by atoms with Crippen LogP contribution < -0.4 is 11.1 Å². The first-order valence-electron chi connectivity index (χ1n) is 7.61. The summed E-state index contributed by atoms with van der Waals surface area (Å²) in [5, 5.41) is 2.77. The molecular formula is C18H23N3O2. The highest BCUT2D eigenvalue weighted by molar-refractivity contribution is 5.70. The van der Waals surface area contributed by atoms with Gasteiger partial charge in [0.25, 0.3) is 0 Å². The second kappa shape index (κ2) is 7.13. The van der Waals surface area contributed by atoms with Gasteiger partial charge < -0.3 is 15.8 Å². The zero-order valence-corrected chi connectivity index (χ0v) is 13.8. The van der Waals surface area contributed by atoms with E-state index in [-0.39, 0.29) is 0 Å². The van der Waals surface area contributed by atoms with Crippen molar-refractivity contribution in [2.45, 2.75) is 32.8 Å². The van der Waals surface area contributed by atoms with E-state index < -0.39 is 11.7 Å². The van der Waals surface area contributed by atoms with Crippen molar-refractivity contribution in [3.05, 3.63) is 48.3 Å². The van der Waals surface area contributed by atoms with Crippen LogP contribution in [0.15, 0.2) is 42.7 Å². The van der Waals surface area contributed by atoms with Gasteiger partial charge in [-0.15, -0.1) is 0 Å². The summed E-state index contributed by atoms with van der Waals surface area (Å²) in [5.41, 5.74) is 9.25. The third kappa shape index (κ3) is 5.29. The molecule has 0 fully saturated rings. The molecule has 1 heterocycles. The molecule has 5 heteroatoms. The van der Waals surface area contributed by atoms with Gasteiger partial charge in [-0.2, -0.15) is 0 Å². The molecule has 0 aliphatic rings. The predicted octanol–water partition coefficient (Wildman–Crippen LogP) is 3.40. The molecule has 0 aliphatic carbocycles. The SMILES string of the molecule is CC(C)(C)OC(=O)NCCc1cc(N)ccc1-c1cccnc1. The number of nitrogens with one attached hydrogen (secondary N) is 1. The number of nitrogen functional groups attached to an aromatic ring is 1. The summed E-state index contributed by atoms with van der Waals surface area (Å²) in [6.45, 7) is 5.99. The van der Waals surface area contributed by atoms with Crippen LogP contribution >= 0.6 is 0 Å². The van der Waals surface area contributed by atoms with Crippen molar-refractivity contribution in [2.75, 3.05) is 12.3 Å². The number of alkyl carbamates (subject to hydrolysis) is 1. The summed E-state index contributed by atoms with van der Waals surface area (Å²) in [6, 6.07) is 9.68. The largest absolute Gasteiger partial charge is 0.444 e. The molecule has 1 aromatic heterocycles. The first-order valence-corrected chi connectivity index (χ1v) is 7.61.